The number of sulfonamides is 1. The van der Waals surface area contributed by atoms with Gasteiger partial charge in [-0.2, -0.15) is 0 Å². The van der Waals surface area contributed by atoms with Gasteiger partial charge < -0.3 is 10.1 Å². The molecule has 6 rings (SSSR count). The fourth-order valence-corrected chi connectivity index (χ4v) is 6.49. The van der Waals surface area contributed by atoms with Crippen molar-refractivity contribution in [2.45, 2.75) is 4.90 Å². The molecule has 0 saturated heterocycles. The molecule has 0 aliphatic carbocycles. The zero-order valence-electron chi connectivity index (χ0n) is 23.4. The predicted octanol–water partition coefficient (Wildman–Crippen LogP) is 6.83. The highest BCUT2D eigenvalue weighted by Gasteiger charge is 2.27. The van der Waals surface area contributed by atoms with Crippen LogP contribution in [0.15, 0.2) is 90.2 Å². The molecule has 4 aromatic heterocycles. The van der Waals surface area contributed by atoms with Gasteiger partial charge in [-0.15, -0.1) is 11.3 Å². The van der Waals surface area contributed by atoms with Gasteiger partial charge in [0.2, 0.25) is 11.8 Å². The van der Waals surface area contributed by atoms with Crippen molar-refractivity contribution in [1.82, 2.24) is 24.9 Å². The number of nitrogens with zero attached hydrogens (tertiary/aromatic N) is 5. The third-order valence-corrected chi connectivity index (χ3v) is 8.87. The Morgan fingerprint density at radius 1 is 0.804 bits per heavy atom. The maximum Gasteiger partial charge on any atom is 0.267 e. The molecule has 6 aromatic rings. The fraction of sp³-hybridized carbons (Fsp3) is 0.0333. The van der Waals surface area contributed by atoms with Crippen LogP contribution < -0.4 is 14.8 Å². The summed E-state index contributed by atoms with van der Waals surface area (Å²) in [5, 5.41) is 3.29. The molecule has 0 unspecified atom stereocenters. The first-order valence-electron chi connectivity index (χ1n) is 13.1. The second kappa shape index (κ2) is 12.5. The van der Waals surface area contributed by atoms with E-state index in [2.05, 4.69) is 30.2 Å². The van der Waals surface area contributed by atoms with Gasteiger partial charge in [-0.3, -0.25) is 9.71 Å². The summed E-state index contributed by atoms with van der Waals surface area (Å²) in [5.41, 5.74) is 0.425. The molecule has 2 aromatic carbocycles. The number of ether oxygens (including phenoxy) is 1. The number of pyridine rings is 2. The molecule has 232 valence electrons. The quantitative estimate of drug-likeness (QED) is 0.160. The number of benzene rings is 2. The van der Waals surface area contributed by atoms with Crippen LogP contribution in [0.25, 0.3) is 32.5 Å². The number of aromatic nitrogens is 5. The van der Waals surface area contributed by atoms with Gasteiger partial charge in [-0.25, -0.2) is 45.9 Å². The van der Waals surface area contributed by atoms with Crippen LogP contribution in [0.3, 0.4) is 0 Å². The van der Waals surface area contributed by atoms with Gasteiger partial charge in [-0.05, 0) is 48.5 Å². The molecule has 4 heterocycles. The lowest BCUT2D eigenvalue weighted by Crippen LogP contribution is -2.17. The lowest BCUT2D eigenvalue weighted by atomic mass is 10.1. The maximum atomic E-state index is 16.1. The first-order valence-corrected chi connectivity index (χ1v) is 15.4. The van der Waals surface area contributed by atoms with Gasteiger partial charge in [-0.1, -0.05) is 12.1 Å². The lowest BCUT2D eigenvalue weighted by molar-refractivity contribution is 0.398. The van der Waals surface area contributed by atoms with E-state index in [1.165, 1.54) is 43.8 Å². The molecule has 0 spiro atoms. The average Bonchev–Trinajstić information content (AvgIpc) is 3.48. The summed E-state index contributed by atoms with van der Waals surface area (Å²) >= 11 is 1.07. The van der Waals surface area contributed by atoms with Crippen LogP contribution in [0.1, 0.15) is 0 Å². The van der Waals surface area contributed by atoms with E-state index >= 15 is 4.39 Å². The molecular formula is C30H19F4N7O3S2. The number of rotatable bonds is 9. The third-order valence-electron chi connectivity index (χ3n) is 6.35. The Hall–Kier alpha value is -5.48. The fourth-order valence-electron chi connectivity index (χ4n) is 4.27. The van der Waals surface area contributed by atoms with Crippen LogP contribution in [-0.2, 0) is 10.0 Å². The Labute approximate surface area is 262 Å². The Balaban J connectivity index is 1.43. The zero-order valence-corrected chi connectivity index (χ0v) is 25.0. The van der Waals surface area contributed by atoms with Crippen LogP contribution in [0, 0.1) is 23.3 Å². The largest absolute Gasteiger partial charge is 0.481 e. The first kappa shape index (κ1) is 30.5. The van der Waals surface area contributed by atoms with Gasteiger partial charge in [0.1, 0.15) is 22.5 Å². The average molecular weight is 666 g/mol. The van der Waals surface area contributed by atoms with Crippen molar-refractivity contribution in [1.29, 1.82) is 0 Å². The van der Waals surface area contributed by atoms with Gasteiger partial charge in [0.05, 0.1) is 52.8 Å². The molecule has 16 heteroatoms. The normalized spacial score (nSPS) is 11.3. The molecule has 46 heavy (non-hydrogen) atoms. The zero-order chi connectivity index (χ0) is 32.4. The van der Waals surface area contributed by atoms with Crippen molar-refractivity contribution in [2.24, 2.45) is 0 Å². The number of hydrogen-bond donors (Lipinski definition) is 2. The van der Waals surface area contributed by atoms with Crippen molar-refractivity contribution < 1.29 is 30.7 Å². The van der Waals surface area contributed by atoms with Crippen LogP contribution in [0.4, 0.5) is 34.9 Å². The topological polar surface area (TPSA) is 132 Å². The molecule has 0 fully saturated rings. The molecular weight excluding hydrogens is 647 g/mol. The summed E-state index contributed by atoms with van der Waals surface area (Å²) in [6.45, 7) is 0. The summed E-state index contributed by atoms with van der Waals surface area (Å²) in [7, 11) is -3.40. The van der Waals surface area contributed by atoms with E-state index in [4.69, 9.17) is 4.74 Å². The SMILES string of the molecule is COc1ccc(Nc2nccc(-c3sc(-c4ccc(F)cn4)nc3-c3cccc(NS(=O)(=O)c4c(F)cccc4F)c3F)n2)cn1. The monoisotopic (exact) mass is 665 g/mol. The summed E-state index contributed by atoms with van der Waals surface area (Å²) in [6, 6.07) is 13.8. The van der Waals surface area contributed by atoms with Crippen molar-refractivity contribution in [2.75, 3.05) is 17.1 Å². The number of nitrogens with one attached hydrogen (secondary N) is 2. The minimum Gasteiger partial charge on any atom is -0.481 e. The van der Waals surface area contributed by atoms with E-state index in [1.807, 2.05) is 4.72 Å². The van der Waals surface area contributed by atoms with Gasteiger partial charge in [0.25, 0.3) is 10.0 Å². The number of anilines is 3. The Bertz CT molecular complexity index is 2150. The highest BCUT2D eigenvalue weighted by molar-refractivity contribution is 7.92. The van der Waals surface area contributed by atoms with Gasteiger partial charge in [0, 0.05) is 17.8 Å². The van der Waals surface area contributed by atoms with Gasteiger partial charge in [0.15, 0.2) is 10.7 Å². The van der Waals surface area contributed by atoms with Crippen molar-refractivity contribution in [3.8, 4) is 38.4 Å². The molecule has 0 atom stereocenters. The van der Waals surface area contributed by atoms with E-state index in [0.29, 0.717) is 22.1 Å². The summed E-state index contributed by atoms with van der Waals surface area (Å²) in [5.74, 6) is -3.77. The van der Waals surface area contributed by atoms with E-state index in [-0.39, 0.29) is 27.9 Å². The highest BCUT2D eigenvalue weighted by atomic mass is 32.2. The molecule has 0 radical (unpaired) electrons. The van der Waals surface area contributed by atoms with Crippen LogP contribution in [-0.4, -0.2) is 40.4 Å². The molecule has 0 aliphatic heterocycles. The van der Waals surface area contributed by atoms with Crippen LogP contribution in [0.5, 0.6) is 5.88 Å². The minimum absolute atomic E-state index is 0.0394. The van der Waals surface area contributed by atoms with E-state index in [9.17, 15) is 21.6 Å². The van der Waals surface area contributed by atoms with Crippen LogP contribution >= 0.6 is 11.3 Å². The molecule has 0 bridgehead atoms. The predicted molar refractivity (Wildman–Crippen MR) is 163 cm³/mol. The second-order valence-electron chi connectivity index (χ2n) is 9.36. The minimum atomic E-state index is -4.89. The van der Waals surface area contributed by atoms with E-state index in [0.717, 1.165) is 41.8 Å². The lowest BCUT2D eigenvalue weighted by Gasteiger charge is -2.12. The Kier molecular flexibility index (Phi) is 8.29. The van der Waals surface area contributed by atoms with Crippen molar-refractivity contribution in [3.05, 3.63) is 109 Å². The first-order chi connectivity index (χ1) is 22.1. The standard InChI is InChI=1S/C30H19F4N7O3S2/c1-44-24-11-9-17(15-37-24)38-30-35-13-12-22(39-30)27-26(40-29(45-27)23-10-8-16(31)14-36-23)18-4-2-7-21(25(18)34)41-46(42,43)28-19(32)5-3-6-20(28)33/h2-15,41H,1H3,(H,35,38,39). The maximum absolute atomic E-state index is 16.1. The highest BCUT2D eigenvalue weighted by Crippen LogP contribution is 2.42. The molecule has 10 nitrogen and oxygen atoms in total. The molecule has 0 aliphatic rings. The van der Waals surface area contributed by atoms with E-state index < -0.39 is 43.9 Å². The summed E-state index contributed by atoms with van der Waals surface area (Å²) < 4.78 is 91.2. The van der Waals surface area contributed by atoms with Crippen molar-refractivity contribution >= 4 is 38.7 Å². The van der Waals surface area contributed by atoms with E-state index in [1.54, 1.807) is 18.2 Å². The summed E-state index contributed by atoms with van der Waals surface area (Å²) in [6.07, 6.45) is 3.98. The number of halogens is 4. The Morgan fingerprint density at radius 3 is 2.28 bits per heavy atom. The second-order valence-corrected chi connectivity index (χ2v) is 12.0. The number of hydrogen-bond acceptors (Lipinski definition) is 10. The molecule has 0 saturated carbocycles. The smallest absolute Gasteiger partial charge is 0.267 e. The number of methoxy groups -OCH3 is 1. The van der Waals surface area contributed by atoms with Crippen LogP contribution in [0.2, 0.25) is 0 Å². The number of thiazole rings is 1. The molecule has 2 N–H and O–H groups in total. The summed E-state index contributed by atoms with van der Waals surface area (Å²) in [4.78, 5) is 20.6. The third kappa shape index (κ3) is 6.20. The Morgan fingerprint density at radius 2 is 1.59 bits per heavy atom. The van der Waals surface area contributed by atoms with Crippen molar-refractivity contribution in [3.63, 3.8) is 0 Å². The van der Waals surface area contributed by atoms with Gasteiger partial charge >= 0.3 is 0 Å². The molecule has 0 amide bonds.